The van der Waals surface area contributed by atoms with E-state index < -0.39 is 22.0 Å². The number of para-hydroxylation sites is 1. The van der Waals surface area contributed by atoms with Gasteiger partial charge in [0.15, 0.2) is 0 Å². The van der Waals surface area contributed by atoms with Crippen LogP contribution in [0.3, 0.4) is 0 Å². The number of nitrogens with zero attached hydrogens (tertiary/aromatic N) is 2. The van der Waals surface area contributed by atoms with Crippen LogP contribution in [0.1, 0.15) is 44.7 Å². The first-order valence-corrected chi connectivity index (χ1v) is 14.1. The van der Waals surface area contributed by atoms with Crippen LogP contribution >= 0.6 is 15.9 Å². The van der Waals surface area contributed by atoms with E-state index in [1.807, 2.05) is 50.2 Å². The van der Waals surface area contributed by atoms with Crippen LogP contribution in [-0.4, -0.2) is 50.5 Å². The zero-order valence-corrected chi connectivity index (χ0v) is 22.7. The molecule has 2 aromatic carbocycles. The van der Waals surface area contributed by atoms with E-state index in [4.69, 9.17) is 0 Å². The van der Waals surface area contributed by atoms with Crippen molar-refractivity contribution in [2.24, 2.45) is 0 Å². The first kappa shape index (κ1) is 27.9. The zero-order valence-electron chi connectivity index (χ0n) is 20.3. The van der Waals surface area contributed by atoms with Gasteiger partial charge in [0, 0.05) is 17.6 Å². The molecule has 0 aliphatic carbocycles. The summed E-state index contributed by atoms with van der Waals surface area (Å²) in [5.41, 5.74) is 2.14. The fourth-order valence-corrected chi connectivity index (χ4v) is 4.70. The number of rotatable bonds is 12. The minimum atomic E-state index is -3.74. The molecule has 2 amide bonds. The van der Waals surface area contributed by atoms with Gasteiger partial charge in [-0.25, -0.2) is 8.42 Å². The fourth-order valence-electron chi connectivity index (χ4n) is 3.55. The van der Waals surface area contributed by atoms with Gasteiger partial charge in [-0.1, -0.05) is 66.5 Å². The molecular formula is C25H34BrN3O4S. The van der Waals surface area contributed by atoms with Gasteiger partial charge in [-0.05, 0) is 49.1 Å². The lowest BCUT2D eigenvalue weighted by atomic mass is 10.1. The van der Waals surface area contributed by atoms with Crippen molar-refractivity contribution in [2.75, 3.05) is 23.7 Å². The predicted octanol–water partition coefficient (Wildman–Crippen LogP) is 4.11. The number of aryl methyl sites for hydroxylation is 1. The standard InChI is InChI=1S/C25H34BrN3O4S/c1-5-7-16-27-25(31)19(3)28(17-20-12-14-22(26)15-13-20)24(30)18-29(34(4,32)33)23-11-9-8-10-21(23)6-2/h8-15,19H,5-7,16-18H2,1-4H3,(H,27,31)/t19-/m0/s1. The van der Waals surface area contributed by atoms with Gasteiger partial charge < -0.3 is 10.2 Å². The SMILES string of the molecule is CCCCNC(=O)[C@H](C)N(Cc1ccc(Br)cc1)C(=O)CN(c1ccccc1CC)S(C)(=O)=O. The monoisotopic (exact) mass is 551 g/mol. The van der Waals surface area contributed by atoms with Gasteiger partial charge in [-0.3, -0.25) is 13.9 Å². The second-order valence-electron chi connectivity index (χ2n) is 8.22. The van der Waals surface area contributed by atoms with Crippen LogP contribution in [0.5, 0.6) is 0 Å². The summed E-state index contributed by atoms with van der Waals surface area (Å²) in [6.07, 6.45) is 3.49. The summed E-state index contributed by atoms with van der Waals surface area (Å²) < 4.78 is 27.4. The van der Waals surface area contributed by atoms with Gasteiger partial charge >= 0.3 is 0 Å². The van der Waals surface area contributed by atoms with Crippen molar-refractivity contribution in [3.63, 3.8) is 0 Å². The Bertz CT molecular complexity index is 1070. The van der Waals surface area contributed by atoms with Crippen molar-refractivity contribution in [2.45, 2.75) is 52.6 Å². The number of carbonyl (C=O) groups is 2. The van der Waals surface area contributed by atoms with Crippen LogP contribution < -0.4 is 9.62 Å². The second-order valence-corrected chi connectivity index (χ2v) is 11.0. The molecule has 1 N–H and O–H groups in total. The molecule has 0 aliphatic heterocycles. The fraction of sp³-hybridized carbons (Fsp3) is 0.440. The molecule has 0 unspecified atom stereocenters. The molecule has 0 fully saturated rings. The summed E-state index contributed by atoms with van der Waals surface area (Å²) in [6.45, 7) is 5.96. The van der Waals surface area contributed by atoms with Crippen LogP contribution in [0.25, 0.3) is 0 Å². The largest absolute Gasteiger partial charge is 0.354 e. The van der Waals surface area contributed by atoms with Crippen molar-refractivity contribution in [3.05, 3.63) is 64.1 Å². The molecule has 0 saturated carbocycles. The lowest BCUT2D eigenvalue weighted by Crippen LogP contribution is -2.51. The molecule has 7 nitrogen and oxygen atoms in total. The highest BCUT2D eigenvalue weighted by Crippen LogP contribution is 2.24. The third kappa shape index (κ3) is 7.84. The van der Waals surface area contributed by atoms with Gasteiger partial charge in [-0.2, -0.15) is 0 Å². The molecule has 2 aromatic rings. The molecule has 0 aliphatic rings. The number of hydrogen-bond acceptors (Lipinski definition) is 4. The average Bonchev–Trinajstić information content (AvgIpc) is 2.81. The number of benzene rings is 2. The molecule has 0 spiro atoms. The second kappa shape index (κ2) is 12.9. The molecule has 0 saturated heterocycles. The maximum atomic E-state index is 13.6. The van der Waals surface area contributed by atoms with Crippen molar-refractivity contribution in [3.8, 4) is 0 Å². The average molecular weight is 553 g/mol. The molecule has 9 heteroatoms. The summed E-state index contributed by atoms with van der Waals surface area (Å²) >= 11 is 3.40. The minimum absolute atomic E-state index is 0.182. The molecule has 2 rings (SSSR count). The van der Waals surface area contributed by atoms with Crippen molar-refractivity contribution in [1.82, 2.24) is 10.2 Å². The van der Waals surface area contributed by atoms with Crippen LogP contribution in [0.2, 0.25) is 0 Å². The number of amides is 2. The van der Waals surface area contributed by atoms with Gasteiger partial charge in [-0.15, -0.1) is 0 Å². The van der Waals surface area contributed by atoms with Crippen LogP contribution in [0, 0.1) is 0 Å². The highest BCUT2D eigenvalue weighted by atomic mass is 79.9. The number of unbranched alkanes of at least 4 members (excludes halogenated alkanes) is 1. The maximum absolute atomic E-state index is 13.6. The zero-order chi connectivity index (χ0) is 25.3. The first-order chi connectivity index (χ1) is 16.1. The Morgan fingerprint density at radius 2 is 1.71 bits per heavy atom. The molecule has 34 heavy (non-hydrogen) atoms. The molecular weight excluding hydrogens is 518 g/mol. The molecule has 0 bridgehead atoms. The Morgan fingerprint density at radius 1 is 1.06 bits per heavy atom. The summed E-state index contributed by atoms with van der Waals surface area (Å²) in [5, 5.41) is 2.87. The summed E-state index contributed by atoms with van der Waals surface area (Å²) in [6, 6.07) is 13.8. The van der Waals surface area contributed by atoms with Crippen molar-refractivity contribution < 1.29 is 18.0 Å². The smallest absolute Gasteiger partial charge is 0.244 e. The van der Waals surface area contributed by atoms with E-state index in [0.29, 0.717) is 18.7 Å². The molecule has 0 heterocycles. The third-order valence-electron chi connectivity index (χ3n) is 5.58. The minimum Gasteiger partial charge on any atom is -0.354 e. The third-order valence-corrected chi connectivity index (χ3v) is 7.24. The number of halogens is 1. The summed E-state index contributed by atoms with van der Waals surface area (Å²) in [5.74, 6) is -0.712. The van der Waals surface area contributed by atoms with E-state index in [-0.39, 0.29) is 19.0 Å². The molecule has 0 aromatic heterocycles. The van der Waals surface area contributed by atoms with Gasteiger partial charge in [0.25, 0.3) is 0 Å². The van der Waals surface area contributed by atoms with Crippen LogP contribution in [0.15, 0.2) is 53.0 Å². The number of nitrogens with one attached hydrogen (secondary N) is 1. The van der Waals surface area contributed by atoms with E-state index >= 15 is 0 Å². The van der Waals surface area contributed by atoms with E-state index in [9.17, 15) is 18.0 Å². The van der Waals surface area contributed by atoms with Crippen LogP contribution in [-0.2, 0) is 32.6 Å². The Balaban J connectivity index is 2.37. The first-order valence-electron chi connectivity index (χ1n) is 11.5. The normalized spacial score (nSPS) is 12.1. The Kier molecular flexibility index (Phi) is 10.6. The van der Waals surface area contributed by atoms with Crippen LogP contribution in [0.4, 0.5) is 5.69 Å². The van der Waals surface area contributed by atoms with Gasteiger partial charge in [0.05, 0.1) is 11.9 Å². The maximum Gasteiger partial charge on any atom is 0.244 e. The Hall–Kier alpha value is -2.39. The molecule has 186 valence electrons. The number of carbonyl (C=O) groups excluding carboxylic acids is 2. The number of anilines is 1. The van der Waals surface area contributed by atoms with Crippen molar-refractivity contribution >= 4 is 43.5 Å². The van der Waals surface area contributed by atoms with E-state index in [1.165, 1.54) is 4.90 Å². The highest BCUT2D eigenvalue weighted by molar-refractivity contribution is 9.10. The Labute approximate surface area is 211 Å². The lowest BCUT2D eigenvalue weighted by Gasteiger charge is -2.32. The molecule has 1 atom stereocenters. The highest BCUT2D eigenvalue weighted by Gasteiger charge is 2.30. The Morgan fingerprint density at radius 3 is 2.29 bits per heavy atom. The van der Waals surface area contributed by atoms with Gasteiger partial charge in [0.2, 0.25) is 21.8 Å². The van der Waals surface area contributed by atoms with Gasteiger partial charge in [0.1, 0.15) is 12.6 Å². The topological polar surface area (TPSA) is 86.8 Å². The quantitative estimate of drug-likeness (QED) is 0.402. The van der Waals surface area contributed by atoms with E-state index in [1.54, 1.807) is 19.1 Å². The molecule has 0 radical (unpaired) electrons. The van der Waals surface area contributed by atoms with E-state index in [2.05, 4.69) is 21.2 Å². The number of hydrogen-bond donors (Lipinski definition) is 1. The summed E-state index contributed by atoms with van der Waals surface area (Å²) in [4.78, 5) is 27.8. The summed E-state index contributed by atoms with van der Waals surface area (Å²) in [7, 11) is -3.74. The predicted molar refractivity (Wildman–Crippen MR) is 140 cm³/mol. The van der Waals surface area contributed by atoms with Crippen molar-refractivity contribution in [1.29, 1.82) is 0 Å². The lowest BCUT2D eigenvalue weighted by molar-refractivity contribution is -0.139. The number of sulfonamides is 1. The van der Waals surface area contributed by atoms with E-state index in [0.717, 1.165) is 39.0 Å².